The number of carbonyl (C=O) groups excluding carboxylic acids is 1. The van der Waals surface area contributed by atoms with Crippen molar-refractivity contribution in [2.45, 2.75) is 34.3 Å². The maximum absolute atomic E-state index is 12.8. The smallest absolute Gasteiger partial charge is 0.280 e. The first-order chi connectivity index (χ1) is 14.8. The number of amides is 1. The van der Waals surface area contributed by atoms with Crippen molar-refractivity contribution in [3.05, 3.63) is 63.6 Å². The van der Waals surface area contributed by atoms with E-state index in [1.165, 1.54) is 11.3 Å². The van der Waals surface area contributed by atoms with E-state index in [0.717, 1.165) is 33.8 Å². The van der Waals surface area contributed by atoms with Crippen LogP contribution in [0, 0.1) is 27.7 Å². The van der Waals surface area contributed by atoms with E-state index >= 15 is 0 Å². The second-order valence-corrected chi connectivity index (χ2v) is 8.24. The average molecular weight is 438 g/mol. The predicted molar refractivity (Wildman–Crippen MR) is 118 cm³/mol. The van der Waals surface area contributed by atoms with Gasteiger partial charge in [0.25, 0.3) is 5.91 Å². The standard InChI is InChI=1S/C22H23N5O3S/c1-12-6-7-19(13(2)8-12)29-10-17-15(4)30-26-20(17)21(28)25-22-24-18(11-31-22)16-9-23-27(5)14(16)3/h6-9,11H,10H2,1-5H3,(H,24,25,28). The zero-order valence-electron chi connectivity index (χ0n) is 18.0. The Kier molecular flexibility index (Phi) is 5.60. The minimum absolute atomic E-state index is 0.181. The van der Waals surface area contributed by atoms with E-state index in [4.69, 9.17) is 9.26 Å². The molecule has 0 atom stereocenters. The lowest BCUT2D eigenvalue weighted by Crippen LogP contribution is -2.15. The molecule has 0 aliphatic heterocycles. The highest BCUT2D eigenvalue weighted by molar-refractivity contribution is 7.14. The molecule has 0 saturated heterocycles. The number of aryl methyl sites for hydroxylation is 4. The number of anilines is 1. The molecule has 3 heterocycles. The third-order valence-electron chi connectivity index (χ3n) is 5.14. The average Bonchev–Trinajstić information content (AvgIpc) is 3.42. The fourth-order valence-corrected chi connectivity index (χ4v) is 3.92. The molecule has 0 aliphatic rings. The van der Waals surface area contributed by atoms with Gasteiger partial charge in [0.2, 0.25) is 0 Å². The summed E-state index contributed by atoms with van der Waals surface area (Å²) in [6.45, 7) is 7.93. The van der Waals surface area contributed by atoms with Crippen molar-refractivity contribution in [2.24, 2.45) is 7.05 Å². The van der Waals surface area contributed by atoms with Crippen LogP contribution >= 0.6 is 11.3 Å². The van der Waals surface area contributed by atoms with Crippen molar-refractivity contribution in [1.82, 2.24) is 19.9 Å². The molecule has 0 spiro atoms. The van der Waals surface area contributed by atoms with Crippen LogP contribution < -0.4 is 10.1 Å². The number of aromatic nitrogens is 4. The van der Waals surface area contributed by atoms with Gasteiger partial charge in [-0.15, -0.1) is 11.3 Å². The Bertz CT molecular complexity index is 1250. The minimum Gasteiger partial charge on any atom is -0.488 e. The number of hydrogen-bond acceptors (Lipinski definition) is 7. The largest absolute Gasteiger partial charge is 0.488 e. The Morgan fingerprint density at radius 1 is 1.26 bits per heavy atom. The van der Waals surface area contributed by atoms with Crippen LogP contribution in [0.1, 0.15) is 38.6 Å². The van der Waals surface area contributed by atoms with Gasteiger partial charge in [-0.2, -0.15) is 5.10 Å². The molecule has 4 aromatic rings. The van der Waals surface area contributed by atoms with Crippen molar-refractivity contribution in [2.75, 3.05) is 5.32 Å². The lowest BCUT2D eigenvalue weighted by Gasteiger charge is -2.10. The molecule has 0 fully saturated rings. The molecular formula is C22H23N5O3S. The van der Waals surface area contributed by atoms with E-state index in [-0.39, 0.29) is 18.2 Å². The quantitative estimate of drug-likeness (QED) is 0.474. The SMILES string of the molecule is Cc1ccc(OCc2c(C(=O)Nc3nc(-c4cnn(C)c4C)cs3)noc2C)c(C)c1. The summed E-state index contributed by atoms with van der Waals surface area (Å²) in [5.74, 6) is 0.912. The number of nitrogens with zero attached hydrogens (tertiary/aromatic N) is 4. The molecule has 1 N–H and O–H groups in total. The Morgan fingerprint density at radius 3 is 2.77 bits per heavy atom. The maximum Gasteiger partial charge on any atom is 0.280 e. The molecule has 0 aliphatic carbocycles. The summed E-state index contributed by atoms with van der Waals surface area (Å²) in [7, 11) is 1.88. The van der Waals surface area contributed by atoms with Gasteiger partial charge in [0.1, 0.15) is 18.1 Å². The highest BCUT2D eigenvalue weighted by Crippen LogP contribution is 2.28. The zero-order chi connectivity index (χ0) is 22.1. The fourth-order valence-electron chi connectivity index (χ4n) is 3.21. The van der Waals surface area contributed by atoms with Crippen LogP contribution in [0.15, 0.2) is 34.3 Å². The van der Waals surface area contributed by atoms with Gasteiger partial charge in [-0.1, -0.05) is 22.9 Å². The van der Waals surface area contributed by atoms with Crippen LogP contribution in [-0.2, 0) is 13.7 Å². The van der Waals surface area contributed by atoms with Gasteiger partial charge in [-0.25, -0.2) is 4.98 Å². The molecule has 160 valence electrons. The number of rotatable bonds is 6. The Hall–Kier alpha value is -3.46. The molecule has 0 bridgehead atoms. The van der Waals surface area contributed by atoms with Crippen molar-refractivity contribution in [3.63, 3.8) is 0 Å². The first kappa shape index (κ1) is 20.8. The summed E-state index contributed by atoms with van der Waals surface area (Å²) < 4.78 is 13.0. The number of thiazole rings is 1. The van der Waals surface area contributed by atoms with E-state index in [1.54, 1.807) is 17.8 Å². The molecular weight excluding hydrogens is 414 g/mol. The van der Waals surface area contributed by atoms with Crippen molar-refractivity contribution < 1.29 is 14.1 Å². The number of ether oxygens (including phenoxy) is 1. The first-order valence-corrected chi connectivity index (χ1v) is 10.6. The van der Waals surface area contributed by atoms with Gasteiger partial charge in [0.15, 0.2) is 10.8 Å². The van der Waals surface area contributed by atoms with Gasteiger partial charge in [-0.05, 0) is 39.3 Å². The fraction of sp³-hybridized carbons (Fsp3) is 0.273. The zero-order valence-corrected chi connectivity index (χ0v) is 18.8. The Labute approximate surface area is 183 Å². The lowest BCUT2D eigenvalue weighted by molar-refractivity contribution is 0.101. The molecule has 0 unspecified atom stereocenters. The highest BCUT2D eigenvalue weighted by Gasteiger charge is 2.22. The predicted octanol–water partition coefficient (Wildman–Crippen LogP) is 4.60. The van der Waals surface area contributed by atoms with Gasteiger partial charge in [0, 0.05) is 23.7 Å². The van der Waals surface area contributed by atoms with Crippen molar-refractivity contribution >= 4 is 22.4 Å². The summed E-state index contributed by atoms with van der Waals surface area (Å²) in [6, 6.07) is 5.96. The van der Waals surface area contributed by atoms with Crippen LogP contribution in [0.3, 0.4) is 0 Å². The van der Waals surface area contributed by atoms with E-state index in [1.807, 2.05) is 51.4 Å². The molecule has 4 rings (SSSR count). The van der Waals surface area contributed by atoms with Gasteiger partial charge in [0.05, 0.1) is 17.5 Å². The third kappa shape index (κ3) is 4.22. The molecule has 1 amide bonds. The number of benzene rings is 1. The highest BCUT2D eigenvalue weighted by atomic mass is 32.1. The van der Waals surface area contributed by atoms with Crippen LogP contribution in [0.25, 0.3) is 11.3 Å². The second kappa shape index (κ2) is 8.35. The summed E-state index contributed by atoms with van der Waals surface area (Å²) in [4.78, 5) is 17.4. The lowest BCUT2D eigenvalue weighted by atomic mass is 10.1. The third-order valence-corrected chi connectivity index (χ3v) is 5.90. The van der Waals surface area contributed by atoms with E-state index in [9.17, 15) is 4.79 Å². The van der Waals surface area contributed by atoms with Crippen molar-refractivity contribution in [1.29, 1.82) is 0 Å². The van der Waals surface area contributed by atoms with E-state index in [0.29, 0.717) is 16.5 Å². The monoisotopic (exact) mass is 437 g/mol. The number of hydrogen-bond donors (Lipinski definition) is 1. The van der Waals surface area contributed by atoms with Crippen LogP contribution in [0.4, 0.5) is 5.13 Å². The van der Waals surface area contributed by atoms with Crippen LogP contribution in [0.2, 0.25) is 0 Å². The van der Waals surface area contributed by atoms with Crippen LogP contribution in [-0.4, -0.2) is 25.8 Å². The van der Waals surface area contributed by atoms with E-state index < -0.39 is 0 Å². The van der Waals surface area contributed by atoms with Gasteiger partial charge < -0.3 is 9.26 Å². The summed E-state index contributed by atoms with van der Waals surface area (Å²) in [6.07, 6.45) is 1.76. The van der Waals surface area contributed by atoms with Crippen LogP contribution in [0.5, 0.6) is 5.75 Å². The number of carbonyl (C=O) groups is 1. The normalized spacial score (nSPS) is 11.0. The number of nitrogens with one attached hydrogen (secondary N) is 1. The van der Waals surface area contributed by atoms with E-state index in [2.05, 4.69) is 20.6 Å². The summed E-state index contributed by atoms with van der Waals surface area (Å²) >= 11 is 1.34. The molecule has 3 aromatic heterocycles. The first-order valence-electron chi connectivity index (χ1n) is 9.74. The Balaban J connectivity index is 1.49. The van der Waals surface area contributed by atoms with Crippen molar-refractivity contribution in [3.8, 4) is 17.0 Å². The summed E-state index contributed by atoms with van der Waals surface area (Å²) in [5, 5.41) is 13.4. The van der Waals surface area contributed by atoms with Gasteiger partial charge in [-0.3, -0.25) is 14.8 Å². The molecule has 31 heavy (non-hydrogen) atoms. The molecule has 1 aromatic carbocycles. The molecule has 9 heteroatoms. The molecule has 0 saturated carbocycles. The summed E-state index contributed by atoms with van der Waals surface area (Å²) in [5.41, 5.74) is 5.69. The maximum atomic E-state index is 12.8. The topological polar surface area (TPSA) is 95.1 Å². The molecule has 0 radical (unpaired) electrons. The molecule has 8 nitrogen and oxygen atoms in total. The second-order valence-electron chi connectivity index (χ2n) is 7.38. The minimum atomic E-state index is -0.389. The Morgan fingerprint density at radius 2 is 2.06 bits per heavy atom. The van der Waals surface area contributed by atoms with Gasteiger partial charge >= 0.3 is 0 Å².